The van der Waals surface area contributed by atoms with Gasteiger partial charge in [-0.25, -0.2) is 0 Å². The van der Waals surface area contributed by atoms with E-state index >= 15 is 0 Å². The van der Waals surface area contributed by atoms with Gasteiger partial charge >= 0.3 is 0 Å². The number of nitro groups is 1. The summed E-state index contributed by atoms with van der Waals surface area (Å²) in [5, 5.41) is 12.0. The molecule has 0 N–H and O–H groups in total. The number of anilines is 1. The highest BCUT2D eigenvalue weighted by Gasteiger charge is 2.24. The molecule has 1 heterocycles. The van der Waals surface area contributed by atoms with E-state index in [9.17, 15) is 14.9 Å². The molecule has 0 saturated carbocycles. The van der Waals surface area contributed by atoms with E-state index in [2.05, 4.69) is 0 Å². The zero-order valence-electron chi connectivity index (χ0n) is 15.6. The standard InChI is InChI=1S/C20H22ClN3O4/c1-22(12-13-28-19-7-3-2-6-16(19)21)20(25)15-8-9-17(18(14-15)24(26)27)23-10-4-5-11-23/h2-3,6-9,14H,4-5,10-13H2,1H3. The van der Waals surface area contributed by atoms with E-state index in [-0.39, 0.29) is 23.8 Å². The Morgan fingerprint density at radius 1 is 1.25 bits per heavy atom. The van der Waals surface area contributed by atoms with Crippen LogP contribution < -0.4 is 9.64 Å². The van der Waals surface area contributed by atoms with E-state index in [1.165, 1.54) is 11.0 Å². The number of ether oxygens (including phenoxy) is 1. The van der Waals surface area contributed by atoms with Gasteiger partial charge in [-0.05, 0) is 37.1 Å². The number of amides is 1. The average Bonchev–Trinajstić information content (AvgIpc) is 3.23. The molecule has 1 aliphatic rings. The van der Waals surface area contributed by atoms with Crippen LogP contribution in [0.1, 0.15) is 23.2 Å². The van der Waals surface area contributed by atoms with Crippen molar-refractivity contribution in [3.8, 4) is 5.75 Å². The molecule has 2 aromatic carbocycles. The fourth-order valence-corrected chi connectivity index (χ4v) is 3.39. The molecule has 0 aliphatic carbocycles. The SMILES string of the molecule is CN(CCOc1ccccc1Cl)C(=O)c1ccc(N2CCCC2)c([N+](=O)[O-])c1. The zero-order chi connectivity index (χ0) is 20.1. The van der Waals surface area contributed by atoms with Crippen LogP contribution in [0.2, 0.25) is 5.02 Å². The van der Waals surface area contributed by atoms with E-state index in [0.717, 1.165) is 25.9 Å². The fraction of sp³-hybridized carbons (Fsp3) is 0.350. The summed E-state index contributed by atoms with van der Waals surface area (Å²) >= 11 is 6.04. The predicted octanol–water partition coefficient (Wildman–Crippen LogP) is 4.00. The van der Waals surface area contributed by atoms with Crippen LogP contribution in [0.4, 0.5) is 11.4 Å². The molecular weight excluding hydrogens is 382 g/mol. The van der Waals surface area contributed by atoms with Crippen molar-refractivity contribution >= 4 is 28.9 Å². The van der Waals surface area contributed by atoms with Gasteiger partial charge in [0.05, 0.1) is 16.5 Å². The molecule has 2 aromatic rings. The first kappa shape index (κ1) is 19.9. The largest absolute Gasteiger partial charge is 0.490 e. The number of nitrogens with zero attached hydrogens (tertiary/aromatic N) is 3. The number of nitro benzene ring substituents is 1. The van der Waals surface area contributed by atoms with Gasteiger partial charge in [0.15, 0.2) is 0 Å². The number of likely N-dealkylation sites (N-methyl/N-ethyl adjacent to an activating group) is 1. The minimum Gasteiger partial charge on any atom is -0.490 e. The Morgan fingerprint density at radius 2 is 1.96 bits per heavy atom. The second-order valence-corrected chi connectivity index (χ2v) is 7.07. The number of hydrogen-bond acceptors (Lipinski definition) is 5. The van der Waals surface area contributed by atoms with Gasteiger partial charge in [-0.3, -0.25) is 14.9 Å². The molecule has 1 amide bonds. The topological polar surface area (TPSA) is 75.9 Å². The highest BCUT2D eigenvalue weighted by atomic mass is 35.5. The Bertz CT molecular complexity index is 868. The minimum atomic E-state index is -0.426. The van der Waals surface area contributed by atoms with Crippen LogP contribution in [-0.2, 0) is 0 Å². The highest BCUT2D eigenvalue weighted by Crippen LogP contribution is 2.32. The lowest BCUT2D eigenvalue weighted by molar-refractivity contribution is -0.384. The molecule has 1 aliphatic heterocycles. The second kappa shape index (κ2) is 8.93. The lowest BCUT2D eigenvalue weighted by Gasteiger charge is -2.20. The summed E-state index contributed by atoms with van der Waals surface area (Å²) in [6.07, 6.45) is 2.04. The third kappa shape index (κ3) is 4.54. The van der Waals surface area contributed by atoms with Crippen molar-refractivity contribution in [2.75, 3.05) is 38.2 Å². The minimum absolute atomic E-state index is 0.0338. The van der Waals surface area contributed by atoms with Gasteiger partial charge in [0, 0.05) is 31.8 Å². The summed E-state index contributed by atoms with van der Waals surface area (Å²) in [4.78, 5) is 27.2. The average molecular weight is 404 g/mol. The van der Waals surface area contributed by atoms with Crippen molar-refractivity contribution in [3.63, 3.8) is 0 Å². The molecule has 1 saturated heterocycles. The molecule has 0 bridgehead atoms. The number of halogens is 1. The highest BCUT2D eigenvalue weighted by molar-refractivity contribution is 6.32. The summed E-state index contributed by atoms with van der Waals surface area (Å²) in [6, 6.07) is 11.8. The van der Waals surface area contributed by atoms with Crippen LogP contribution in [0, 0.1) is 10.1 Å². The van der Waals surface area contributed by atoms with E-state index in [4.69, 9.17) is 16.3 Å². The lowest BCUT2D eigenvalue weighted by atomic mass is 10.1. The Morgan fingerprint density at radius 3 is 2.64 bits per heavy atom. The third-order valence-corrected chi connectivity index (χ3v) is 5.05. The quantitative estimate of drug-likeness (QED) is 0.516. The monoisotopic (exact) mass is 403 g/mol. The van der Waals surface area contributed by atoms with E-state index in [0.29, 0.717) is 23.0 Å². The maximum absolute atomic E-state index is 12.7. The van der Waals surface area contributed by atoms with Gasteiger partial charge in [-0.1, -0.05) is 23.7 Å². The molecule has 0 spiro atoms. The molecule has 1 fully saturated rings. The fourth-order valence-electron chi connectivity index (χ4n) is 3.20. The molecule has 3 rings (SSSR count). The summed E-state index contributed by atoms with van der Waals surface area (Å²) in [7, 11) is 1.64. The summed E-state index contributed by atoms with van der Waals surface area (Å²) < 4.78 is 5.60. The summed E-state index contributed by atoms with van der Waals surface area (Å²) in [5.74, 6) is 0.259. The molecular formula is C20H22ClN3O4. The van der Waals surface area contributed by atoms with Gasteiger partial charge in [0.1, 0.15) is 18.0 Å². The smallest absolute Gasteiger partial charge is 0.293 e. The number of carbonyl (C=O) groups is 1. The molecule has 0 radical (unpaired) electrons. The maximum Gasteiger partial charge on any atom is 0.293 e. The van der Waals surface area contributed by atoms with E-state index in [1.807, 2.05) is 17.0 Å². The third-order valence-electron chi connectivity index (χ3n) is 4.73. The van der Waals surface area contributed by atoms with Gasteiger partial charge in [0.25, 0.3) is 11.6 Å². The molecule has 0 atom stereocenters. The van der Waals surface area contributed by atoms with Crippen LogP contribution in [0.25, 0.3) is 0 Å². The van der Waals surface area contributed by atoms with Crippen LogP contribution in [0.3, 0.4) is 0 Å². The van der Waals surface area contributed by atoms with Gasteiger partial charge in [0.2, 0.25) is 0 Å². The Balaban J connectivity index is 1.66. The van der Waals surface area contributed by atoms with Gasteiger partial charge in [-0.15, -0.1) is 0 Å². The van der Waals surface area contributed by atoms with Gasteiger partial charge in [-0.2, -0.15) is 0 Å². The molecule has 7 nitrogen and oxygen atoms in total. The Kier molecular flexibility index (Phi) is 6.36. The van der Waals surface area contributed by atoms with Crippen LogP contribution in [0.15, 0.2) is 42.5 Å². The van der Waals surface area contributed by atoms with E-state index in [1.54, 1.807) is 31.3 Å². The molecule has 0 aromatic heterocycles. The molecule has 8 heteroatoms. The van der Waals surface area contributed by atoms with Crippen molar-refractivity contribution in [2.24, 2.45) is 0 Å². The number of rotatable bonds is 7. The van der Waals surface area contributed by atoms with Crippen molar-refractivity contribution < 1.29 is 14.5 Å². The zero-order valence-corrected chi connectivity index (χ0v) is 16.4. The maximum atomic E-state index is 12.7. The van der Waals surface area contributed by atoms with Gasteiger partial charge < -0.3 is 14.5 Å². The summed E-state index contributed by atoms with van der Waals surface area (Å²) in [5.41, 5.74) is 0.826. The lowest BCUT2D eigenvalue weighted by Crippen LogP contribution is -2.31. The van der Waals surface area contributed by atoms with Crippen molar-refractivity contribution in [1.29, 1.82) is 0 Å². The molecule has 148 valence electrons. The molecule has 28 heavy (non-hydrogen) atoms. The number of carbonyl (C=O) groups excluding carboxylic acids is 1. The normalized spacial score (nSPS) is 13.4. The van der Waals surface area contributed by atoms with E-state index < -0.39 is 4.92 Å². The first-order valence-corrected chi connectivity index (χ1v) is 9.51. The number of benzene rings is 2. The first-order valence-electron chi connectivity index (χ1n) is 9.13. The first-order chi connectivity index (χ1) is 13.5. The Hall–Kier alpha value is -2.80. The van der Waals surface area contributed by atoms with Crippen LogP contribution >= 0.6 is 11.6 Å². The van der Waals surface area contributed by atoms with Crippen LogP contribution in [-0.4, -0.2) is 49.0 Å². The van der Waals surface area contributed by atoms with Crippen molar-refractivity contribution in [2.45, 2.75) is 12.8 Å². The second-order valence-electron chi connectivity index (χ2n) is 6.66. The number of para-hydroxylation sites is 1. The summed E-state index contributed by atoms with van der Waals surface area (Å²) in [6.45, 7) is 2.19. The predicted molar refractivity (Wildman–Crippen MR) is 108 cm³/mol. The number of hydrogen-bond donors (Lipinski definition) is 0. The van der Waals surface area contributed by atoms with Crippen molar-refractivity contribution in [1.82, 2.24) is 4.90 Å². The van der Waals surface area contributed by atoms with Crippen LogP contribution in [0.5, 0.6) is 5.75 Å². The van der Waals surface area contributed by atoms with Crippen molar-refractivity contribution in [3.05, 3.63) is 63.2 Å². The molecule has 0 unspecified atom stereocenters. The Labute approximate surface area is 168 Å².